The molecule has 1 aliphatic rings. The molecule has 0 bridgehead atoms. The van der Waals surface area contributed by atoms with Gasteiger partial charge in [-0.25, -0.2) is 9.67 Å². The molecule has 102 valence electrons. The molecule has 1 fully saturated rings. The number of aromatic nitrogens is 3. The predicted molar refractivity (Wildman–Crippen MR) is 71.1 cm³/mol. The first-order chi connectivity index (χ1) is 8.46. The average Bonchev–Trinajstić information content (AvgIpc) is 2.58. The van der Waals surface area contributed by atoms with Gasteiger partial charge in [-0.3, -0.25) is 0 Å². The van der Waals surface area contributed by atoms with Crippen molar-refractivity contribution < 1.29 is 5.11 Å². The summed E-state index contributed by atoms with van der Waals surface area (Å²) in [7, 11) is 0. The summed E-state index contributed by atoms with van der Waals surface area (Å²) in [6.45, 7) is 7.13. The molecule has 0 aliphatic heterocycles. The maximum absolute atomic E-state index is 10.5. The molecule has 1 N–H and O–H groups in total. The topological polar surface area (TPSA) is 50.9 Å². The van der Waals surface area contributed by atoms with Gasteiger partial charge in [-0.2, -0.15) is 5.10 Å². The molecule has 1 aromatic heterocycles. The van der Waals surface area contributed by atoms with Crippen molar-refractivity contribution in [2.24, 2.45) is 11.8 Å². The highest BCUT2D eigenvalue weighted by molar-refractivity contribution is 4.94. The molecule has 1 aliphatic carbocycles. The minimum atomic E-state index is -0.646. The zero-order chi connectivity index (χ0) is 13.2. The van der Waals surface area contributed by atoms with Crippen molar-refractivity contribution in [1.82, 2.24) is 14.8 Å². The second kappa shape index (κ2) is 5.39. The van der Waals surface area contributed by atoms with Gasteiger partial charge in [0.25, 0.3) is 0 Å². The van der Waals surface area contributed by atoms with Gasteiger partial charge in [-0.15, -0.1) is 0 Å². The molecule has 0 radical (unpaired) electrons. The van der Waals surface area contributed by atoms with E-state index in [0.717, 1.165) is 18.8 Å². The van der Waals surface area contributed by atoms with Crippen LogP contribution >= 0.6 is 0 Å². The Morgan fingerprint density at radius 3 is 2.78 bits per heavy atom. The predicted octanol–water partition coefficient (Wildman–Crippen LogP) is 2.42. The van der Waals surface area contributed by atoms with Crippen LogP contribution in [-0.4, -0.2) is 25.5 Å². The van der Waals surface area contributed by atoms with E-state index in [-0.39, 0.29) is 0 Å². The molecular weight excluding hydrogens is 226 g/mol. The molecule has 1 aromatic rings. The highest BCUT2D eigenvalue weighted by Gasteiger charge is 2.30. The Balaban J connectivity index is 1.96. The van der Waals surface area contributed by atoms with Gasteiger partial charge in [0.2, 0.25) is 0 Å². The summed E-state index contributed by atoms with van der Waals surface area (Å²) in [6.07, 6.45) is 6.96. The van der Waals surface area contributed by atoms with Crippen LogP contribution in [0.4, 0.5) is 0 Å². The molecule has 0 amide bonds. The SMILES string of the molecule is CC(C)Cn1ncnc1CC(C)(O)CC1CCC1. The van der Waals surface area contributed by atoms with Crippen molar-refractivity contribution in [3.8, 4) is 0 Å². The Bertz CT molecular complexity index is 380. The van der Waals surface area contributed by atoms with Crippen LogP contribution in [0.2, 0.25) is 0 Å². The van der Waals surface area contributed by atoms with Crippen molar-refractivity contribution in [2.45, 2.75) is 65.0 Å². The van der Waals surface area contributed by atoms with Crippen LogP contribution in [0.1, 0.15) is 52.3 Å². The van der Waals surface area contributed by atoms with E-state index in [1.165, 1.54) is 19.3 Å². The monoisotopic (exact) mass is 251 g/mol. The standard InChI is InChI=1S/C14H25N3O/c1-11(2)9-17-13(15-10-16-17)8-14(3,18)7-12-5-4-6-12/h10-12,18H,4-9H2,1-3H3. The van der Waals surface area contributed by atoms with E-state index >= 15 is 0 Å². The maximum atomic E-state index is 10.5. The van der Waals surface area contributed by atoms with E-state index < -0.39 is 5.60 Å². The van der Waals surface area contributed by atoms with E-state index in [2.05, 4.69) is 23.9 Å². The third kappa shape index (κ3) is 3.55. The van der Waals surface area contributed by atoms with Gasteiger partial charge in [0.05, 0.1) is 5.60 Å². The summed E-state index contributed by atoms with van der Waals surface area (Å²) in [5.74, 6) is 2.16. The molecule has 1 atom stereocenters. The molecule has 2 rings (SSSR count). The zero-order valence-corrected chi connectivity index (χ0v) is 11.8. The van der Waals surface area contributed by atoms with Gasteiger partial charge in [0.15, 0.2) is 0 Å². The zero-order valence-electron chi connectivity index (χ0n) is 11.8. The van der Waals surface area contributed by atoms with Crippen molar-refractivity contribution in [1.29, 1.82) is 0 Å². The van der Waals surface area contributed by atoms with Crippen molar-refractivity contribution >= 4 is 0 Å². The van der Waals surface area contributed by atoms with Crippen LogP contribution in [0.3, 0.4) is 0 Å². The smallest absolute Gasteiger partial charge is 0.138 e. The number of hydrogen-bond acceptors (Lipinski definition) is 3. The summed E-state index contributed by atoms with van der Waals surface area (Å²) < 4.78 is 1.93. The number of hydrogen-bond donors (Lipinski definition) is 1. The second-order valence-electron chi connectivity index (χ2n) is 6.43. The lowest BCUT2D eigenvalue weighted by atomic mass is 9.77. The average molecular weight is 251 g/mol. The summed E-state index contributed by atoms with van der Waals surface area (Å²) in [5.41, 5.74) is -0.646. The van der Waals surface area contributed by atoms with Crippen LogP contribution in [-0.2, 0) is 13.0 Å². The van der Waals surface area contributed by atoms with Gasteiger partial charge >= 0.3 is 0 Å². The van der Waals surface area contributed by atoms with Crippen LogP contribution in [0.5, 0.6) is 0 Å². The lowest BCUT2D eigenvalue weighted by Gasteiger charge is -2.33. The van der Waals surface area contributed by atoms with Gasteiger partial charge in [-0.05, 0) is 25.2 Å². The van der Waals surface area contributed by atoms with E-state index in [4.69, 9.17) is 0 Å². The Labute approximate surface area is 109 Å². The van der Waals surface area contributed by atoms with Crippen molar-refractivity contribution in [3.63, 3.8) is 0 Å². The Morgan fingerprint density at radius 1 is 1.50 bits per heavy atom. The van der Waals surface area contributed by atoms with Crippen molar-refractivity contribution in [2.75, 3.05) is 0 Å². The minimum absolute atomic E-state index is 0.544. The first kappa shape index (κ1) is 13.5. The minimum Gasteiger partial charge on any atom is -0.390 e. The number of rotatable bonds is 6. The van der Waals surface area contributed by atoms with E-state index in [1.807, 2.05) is 11.6 Å². The molecule has 1 saturated carbocycles. The molecule has 1 heterocycles. The number of nitrogens with zero attached hydrogens (tertiary/aromatic N) is 3. The third-order valence-electron chi connectivity index (χ3n) is 3.73. The summed E-state index contributed by atoms with van der Waals surface area (Å²) in [5, 5.41) is 14.7. The van der Waals surface area contributed by atoms with E-state index in [0.29, 0.717) is 18.3 Å². The van der Waals surface area contributed by atoms with Gasteiger partial charge in [0.1, 0.15) is 12.2 Å². The molecule has 0 spiro atoms. The third-order valence-corrected chi connectivity index (χ3v) is 3.73. The summed E-state index contributed by atoms with van der Waals surface area (Å²) in [4.78, 5) is 4.30. The van der Waals surface area contributed by atoms with Gasteiger partial charge in [0, 0.05) is 13.0 Å². The normalized spacial score (nSPS) is 19.8. The fraction of sp³-hybridized carbons (Fsp3) is 0.857. The summed E-state index contributed by atoms with van der Waals surface area (Å²) in [6, 6.07) is 0. The van der Waals surface area contributed by atoms with Gasteiger partial charge in [-0.1, -0.05) is 33.1 Å². The van der Waals surface area contributed by atoms with Gasteiger partial charge < -0.3 is 5.11 Å². The lowest BCUT2D eigenvalue weighted by Crippen LogP contribution is -2.33. The highest BCUT2D eigenvalue weighted by atomic mass is 16.3. The quantitative estimate of drug-likeness (QED) is 0.844. The Hall–Kier alpha value is -0.900. The second-order valence-corrected chi connectivity index (χ2v) is 6.43. The van der Waals surface area contributed by atoms with Crippen LogP contribution in [0.15, 0.2) is 6.33 Å². The Kier molecular flexibility index (Phi) is 4.05. The molecule has 4 heteroatoms. The van der Waals surface area contributed by atoms with Crippen molar-refractivity contribution in [3.05, 3.63) is 12.2 Å². The van der Waals surface area contributed by atoms with E-state index in [1.54, 1.807) is 6.33 Å². The fourth-order valence-electron chi connectivity index (χ4n) is 2.65. The lowest BCUT2D eigenvalue weighted by molar-refractivity contribution is 0.0177. The number of aliphatic hydroxyl groups is 1. The van der Waals surface area contributed by atoms with Crippen LogP contribution < -0.4 is 0 Å². The highest BCUT2D eigenvalue weighted by Crippen LogP contribution is 2.34. The summed E-state index contributed by atoms with van der Waals surface area (Å²) >= 11 is 0. The van der Waals surface area contributed by atoms with E-state index in [9.17, 15) is 5.11 Å². The molecule has 0 saturated heterocycles. The largest absolute Gasteiger partial charge is 0.390 e. The molecule has 0 aromatic carbocycles. The Morgan fingerprint density at radius 2 is 2.22 bits per heavy atom. The molecule has 18 heavy (non-hydrogen) atoms. The first-order valence-electron chi connectivity index (χ1n) is 7.05. The molecule has 4 nitrogen and oxygen atoms in total. The fourth-order valence-corrected chi connectivity index (χ4v) is 2.65. The van der Waals surface area contributed by atoms with Crippen LogP contribution in [0, 0.1) is 11.8 Å². The molecular formula is C14H25N3O. The first-order valence-corrected chi connectivity index (χ1v) is 7.05. The van der Waals surface area contributed by atoms with Crippen LogP contribution in [0.25, 0.3) is 0 Å². The maximum Gasteiger partial charge on any atom is 0.138 e. The molecule has 1 unspecified atom stereocenters.